The molecule has 4 nitrogen and oxygen atoms in total. The number of carbonyl (C=O) groups excluding carboxylic acids is 1. The molecule has 82 valence electrons. The number of Topliss-reactive ketones (excluding diaryl/α,β-unsaturated/α-hetero) is 1. The molecule has 0 saturated carbocycles. The van der Waals surface area contributed by atoms with E-state index in [9.17, 15) is 9.59 Å². The molecule has 2 rings (SSSR count). The van der Waals surface area contributed by atoms with Crippen LogP contribution in [0.3, 0.4) is 0 Å². The Balaban J connectivity index is 2.51. The van der Waals surface area contributed by atoms with Crippen molar-refractivity contribution < 1.29 is 14.7 Å². The lowest BCUT2D eigenvalue weighted by Gasteiger charge is -1.94. The Labute approximate surface area is 95.6 Å². The summed E-state index contributed by atoms with van der Waals surface area (Å²) in [6, 6.07) is 4.77. The van der Waals surface area contributed by atoms with Crippen LogP contribution in [0.4, 0.5) is 0 Å². The van der Waals surface area contributed by atoms with Gasteiger partial charge in [0, 0.05) is 5.56 Å². The molecule has 0 aliphatic heterocycles. The van der Waals surface area contributed by atoms with E-state index in [0.29, 0.717) is 0 Å². The van der Waals surface area contributed by atoms with Crippen LogP contribution in [0.2, 0.25) is 0 Å². The number of fused-ring (bicyclic) bond motifs is 1. The van der Waals surface area contributed by atoms with Gasteiger partial charge < -0.3 is 5.11 Å². The Hall–Kier alpha value is -1.75. The first-order valence-electron chi connectivity index (χ1n) is 4.79. The fraction of sp³-hybridized carbons (Fsp3) is 0.182. The second-order valence-electron chi connectivity index (χ2n) is 3.28. The molecule has 0 atom stereocenters. The fourth-order valence-corrected chi connectivity index (χ4v) is 2.33. The SMILES string of the molecule is CCc1nc2ccc(C(=O)C(=O)O)cc2s1. The van der Waals surface area contributed by atoms with Gasteiger partial charge in [-0.2, -0.15) is 0 Å². The summed E-state index contributed by atoms with van der Waals surface area (Å²) in [6.45, 7) is 2.00. The minimum Gasteiger partial charge on any atom is -0.475 e. The molecule has 0 spiro atoms. The zero-order valence-corrected chi connectivity index (χ0v) is 9.37. The van der Waals surface area contributed by atoms with Gasteiger partial charge in [0.05, 0.1) is 15.2 Å². The van der Waals surface area contributed by atoms with Gasteiger partial charge in [0.1, 0.15) is 0 Å². The molecule has 0 aliphatic carbocycles. The Morgan fingerprint density at radius 3 is 2.81 bits per heavy atom. The van der Waals surface area contributed by atoms with Gasteiger partial charge in [0.15, 0.2) is 0 Å². The van der Waals surface area contributed by atoms with Gasteiger partial charge in [0.25, 0.3) is 5.78 Å². The topological polar surface area (TPSA) is 67.3 Å². The second kappa shape index (κ2) is 4.02. The van der Waals surface area contributed by atoms with Gasteiger partial charge in [-0.3, -0.25) is 4.79 Å². The molecule has 0 bridgehead atoms. The standard InChI is InChI=1S/C11H9NO3S/c1-2-9-12-7-4-3-6(5-8(7)16-9)10(13)11(14)15/h3-5H,2H2,1H3,(H,14,15). The van der Waals surface area contributed by atoms with Crippen molar-refractivity contribution in [2.45, 2.75) is 13.3 Å². The molecular weight excluding hydrogens is 226 g/mol. The highest BCUT2D eigenvalue weighted by Gasteiger charge is 2.15. The molecule has 16 heavy (non-hydrogen) atoms. The highest BCUT2D eigenvalue weighted by Crippen LogP contribution is 2.23. The van der Waals surface area contributed by atoms with E-state index in [1.54, 1.807) is 12.1 Å². The summed E-state index contributed by atoms with van der Waals surface area (Å²) in [5.41, 5.74) is 1.01. The van der Waals surface area contributed by atoms with Crippen molar-refractivity contribution in [1.29, 1.82) is 0 Å². The van der Waals surface area contributed by atoms with Crippen molar-refractivity contribution in [2.24, 2.45) is 0 Å². The molecule has 0 radical (unpaired) electrons. The molecule has 0 amide bonds. The molecule has 2 aromatic rings. The van der Waals surface area contributed by atoms with Crippen LogP contribution in [-0.4, -0.2) is 21.8 Å². The minimum absolute atomic E-state index is 0.200. The van der Waals surface area contributed by atoms with Crippen LogP contribution in [0.1, 0.15) is 22.3 Å². The van der Waals surface area contributed by atoms with Gasteiger partial charge in [-0.25, -0.2) is 9.78 Å². The lowest BCUT2D eigenvalue weighted by Crippen LogP contribution is -2.12. The molecular formula is C11H9NO3S. The van der Waals surface area contributed by atoms with Crippen molar-refractivity contribution in [1.82, 2.24) is 4.98 Å². The van der Waals surface area contributed by atoms with E-state index < -0.39 is 11.8 Å². The number of ketones is 1. The number of thiazole rings is 1. The maximum Gasteiger partial charge on any atom is 0.377 e. The number of benzene rings is 1. The number of hydrogen-bond donors (Lipinski definition) is 1. The highest BCUT2D eigenvalue weighted by molar-refractivity contribution is 7.18. The Kier molecular flexibility index (Phi) is 2.70. The zero-order chi connectivity index (χ0) is 11.7. The normalized spacial score (nSPS) is 10.6. The molecule has 1 heterocycles. The Morgan fingerprint density at radius 2 is 2.19 bits per heavy atom. The molecule has 1 aromatic carbocycles. The number of carbonyl (C=O) groups is 2. The van der Waals surface area contributed by atoms with E-state index in [1.165, 1.54) is 17.4 Å². The number of carboxylic acids is 1. The lowest BCUT2D eigenvalue weighted by atomic mass is 10.1. The van der Waals surface area contributed by atoms with Crippen LogP contribution in [0.5, 0.6) is 0 Å². The molecule has 0 fully saturated rings. The third kappa shape index (κ3) is 1.81. The van der Waals surface area contributed by atoms with Crippen molar-refractivity contribution in [3.8, 4) is 0 Å². The van der Waals surface area contributed by atoms with E-state index >= 15 is 0 Å². The number of rotatable bonds is 3. The predicted molar refractivity (Wildman–Crippen MR) is 61.0 cm³/mol. The summed E-state index contributed by atoms with van der Waals surface area (Å²) in [4.78, 5) is 26.1. The van der Waals surface area contributed by atoms with Crippen LogP contribution < -0.4 is 0 Å². The molecule has 5 heteroatoms. The van der Waals surface area contributed by atoms with Crippen LogP contribution >= 0.6 is 11.3 Å². The summed E-state index contributed by atoms with van der Waals surface area (Å²) < 4.78 is 0.851. The summed E-state index contributed by atoms with van der Waals surface area (Å²) in [7, 11) is 0. The van der Waals surface area contributed by atoms with Crippen LogP contribution in [0.15, 0.2) is 18.2 Å². The van der Waals surface area contributed by atoms with E-state index in [0.717, 1.165) is 21.6 Å². The number of aromatic nitrogens is 1. The number of aliphatic carboxylic acids is 1. The van der Waals surface area contributed by atoms with Gasteiger partial charge in [-0.1, -0.05) is 6.92 Å². The lowest BCUT2D eigenvalue weighted by molar-refractivity contribution is -0.131. The number of aryl methyl sites for hydroxylation is 1. The molecule has 1 aromatic heterocycles. The van der Waals surface area contributed by atoms with Crippen molar-refractivity contribution >= 4 is 33.3 Å². The second-order valence-corrected chi connectivity index (χ2v) is 4.39. The smallest absolute Gasteiger partial charge is 0.377 e. The van der Waals surface area contributed by atoms with Crippen LogP contribution in [-0.2, 0) is 11.2 Å². The average Bonchev–Trinajstić information content (AvgIpc) is 2.69. The minimum atomic E-state index is -1.43. The summed E-state index contributed by atoms with van der Waals surface area (Å²) in [5, 5.41) is 9.58. The van der Waals surface area contributed by atoms with Crippen molar-refractivity contribution in [3.05, 3.63) is 28.8 Å². The third-order valence-electron chi connectivity index (χ3n) is 2.19. The Morgan fingerprint density at radius 1 is 1.44 bits per heavy atom. The van der Waals surface area contributed by atoms with Crippen LogP contribution in [0, 0.1) is 0 Å². The van der Waals surface area contributed by atoms with Gasteiger partial charge in [-0.05, 0) is 24.6 Å². The molecule has 0 unspecified atom stereocenters. The maximum atomic E-state index is 11.2. The van der Waals surface area contributed by atoms with Gasteiger partial charge in [-0.15, -0.1) is 11.3 Å². The first kappa shape index (κ1) is 10.8. The average molecular weight is 235 g/mol. The Bertz CT molecular complexity index is 574. The number of nitrogens with zero attached hydrogens (tertiary/aromatic N) is 1. The number of hydrogen-bond acceptors (Lipinski definition) is 4. The zero-order valence-electron chi connectivity index (χ0n) is 8.56. The largest absolute Gasteiger partial charge is 0.475 e. The molecule has 0 saturated heterocycles. The van der Waals surface area contributed by atoms with E-state index in [2.05, 4.69) is 4.98 Å². The predicted octanol–water partition coefficient (Wildman–Crippen LogP) is 2.13. The quantitative estimate of drug-likeness (QED) is 0.653. The van der Waals surface area contributed by atoms with Gasteiger partial charge in [0.2, 0.25) is 0 Å². The molecule has 1 N–H and O–H groups in total. The third-order valence-corrected chi connectivity index (χ3v) is 3.35. The van der Waals surface area contributed by atoms with E-state index in [1.807, 2.05) is 6.92 Å². The summed E-state index contributed by atoms with van der Waals surface area (Å²) in [5.74, 6) is -2.31. The fourth-order valence-electron chi connectivity index (χ4n) is 1.39. The number of carboxylic acid groups (broad SMARTS) is 1. The van der Waals surface area contributed by atoms with Crippen molar-refractivity contribution in [3.63, 3.8) is 0 Å². The summed E-state index contributed by atoms with van der Waals surface area (Å²) in [6.07, 6.45) is 0.835. The summed E-state index contributed by atoms with van der Waals surface area (Å²) >= 11 is 1.48. The first-order valence-corrected chi connectivity index (χ1v) is 5.60. The van der Waals surface area contributed by atoms with Gasteiger partial charge >= 0.3 is 5.97 Å². The first-order chi connectivity index (χ1) is 7.61. The highest BCUT2D eigenvalue weighted by atomic mass is 32.1. The van der Waals surface area contributed by atoms with E-state index in [4.69, 9.17) is 5.11 Å². The van der Waals surface area contributed by atoms with E-state index in [-0.39, 0.29) is 5.56 Å². The van der Waals surface area contributed by atoms with Crippen molar-refractivity contribution in [2.75, 3.05) is 0 Å². The monoisotopic (exact) mass is 235 g/mol. The molecule has 0 aliphatic rings. The van der Waals surface area contributed by atoms with Crippen LogP contribution in [0.25, 0.3) is 10.2 Å². The maximum absolute atomic E-state index is 11.2.